The van der Waals surface area contributed by atoms with Crippen LogP contribution in [0.15, 0.2) is 51.6 Å². The lowest BCUT2D eigenvalue weighted by Gasteiger charge is -2.19. The van der Waals surface area contributed by atoms with Crippen molar-refractivity contribution in [1.29, 1.82) is 0 Å². The van der Waals surface area contributed by atoms with Crippen LogP contribution in [0.25, 0.3) is 0 Å². The van der Waals surface area contributed by atoms with Gasteiger partial charge in [0.15, 0.2) is 0 Å². The minimum atomic E-state index is 0.336. The number of furan rings is 1. The van der Waals surface area contributed by atoms with Crippen LogP contribution in [0.4, 0.5) is 0 Å². The third-order valence-electron chi connectivity index (χ3n) is 2.99. The molecule has 2 nitrogen and oxygen atoms in total. The predicted octanol–water partition coefficient (Wildman–Crippen LogP) is 4.32. The molecule has 0 aliphatic heterocycles. The van der Waals surface area contributed by atoms with Crippen molar-refractivity contribution in [2.24, 2.45) is 0 Å². The van der Waals surface area contributed by atoms with E-state index in [4.69, 9.17) is 4.42 Å². The molecule has 0 saturated heterocycles. The number of hydrogen-bond acceptors (Lipinski definition) is 2. The average molecular weight is 308 g/mol. The van der Waals surface area contributed by atoms with Gasteiger partial charge >= 0.3 is 0 Å². The van der Waals surface area contributed by atoms with Gasteiger partial charge in [-0.05, 0) is 43.7 Å². The van der Waals surface area contributed by atoms with Crippen LogP contribution < -0.4 is 5.32 Å². The van der Waals surface area contributed by atoms with Gasteiger partial charge in [0.05, 0.1) is 6.26 Å². The minimum Gasteiger partial charge on any atom is -0.469 e. The van der Waals surface area contributed by atoms with E-state index in [1.807, 2.05) is 12.1 Å². The summed E-state index contributed by atoms with van der Waals surface area (Å²) in [5.41, 5.74) is 1.30. The van der Waals surface area contributed by atoms with Crippen molar-refractivity contribution in [3.05, 3.63) is 58.5 Å². The van der Waals surface area contributed by atoms with Gasteiger partial charge in [-0.2, -0.15) is 0 Å². The number of hydrogen-bond donors (Lipinski definition) is 1. The van der Waals surface area contributed by atoms with Gasteiger partial charge in [-0.3, -0.25) is 0 Å². The molecule has 1 N–H and O–H groups in total. The normalized spacial score (nSPS) is 14.4. The molecule has 0 saturated carbocycles. The van der Waals surface area contributed by atoms with Crippen molar-refractivity contribution in [2.45, 2.75) is 32.4 Å². The van der Waals surface area contributed by atoms with E-state index in [1.54, 1.807) is 6.26 Å². The summed E-state index contributed by atoms with van der Waals surface area (Å²) in [5.74, 6) is 1.03. The summed E-state index contributed by atoms with van der Waals surface area (Å²) < 4.78 is 6.47. The van der Waals surface area contributed by atoms with Gasteiger partial charge in [-0.15, -0.1) is 0 Å². The zero-order valence-electron chi connectivity index (χ0n) is 10.7. The van der Waals surface area contributed by atoms with E-state index in [-0.39, 0.29) is 0 Å². The molecule has 2 rings (SSSR count). The molecule has 1 aromatic carbocycles. The van der Waals surface area contributed by atoms with E-state index in [1.165, 1.54) is 5.56 Å². The maximum absolute atomic E-state index is 5.36. The highest BCUT2D eigenvalue weighted by molar-refractivity contribution is 9.10. The third kappa shape index (κ3) is 3.72. The molecule has 0 fully saturated rings. The molecule has 2 unspecified atom stereocenters. The van der Waals surface area contributed by atoms with Crippen molar-refractivity contribution in [2.75, 3.05) is 0 Å². The Morgan fingerprint density at radius 3 is 2.50 bits per heavy atom. The first-order chi connectivity index (χ1) is 8.65. The van der Waals surface area contributed by atoms with Crippen molar-refractivity contribution < 1.29 is 4.42 Å². The van der Waals surface area contributed by atoms with E-state index in [0.29, 0.717) is 12.1 Å². The van der Waals surface area contributed by atoms with Crippen LogP contribution in [0.1, 0.15) is 31.2 Å². The summed E-state index contributed by atoms with van der Waals surface area (Å²) in [6.45, 7) is 4.36. The molecule has 2 aromatic rings. The first-order valence-corrected chi connectivity index (χ1v) is 6.98. The number of halogens is 1. The Labute approximate surface area is 117 Å². The maximum Gasteiger partial charge on any atom is 0.105 e. The molecule has 0 spiro atoms. The lowest BCUT2D eigenvalue weighted by Crippen LogP contribution is -2.30. The largest absolute Gasteiger partial charge is 0.469 e. The Balaban J connectivity index is 1.90. The molecule has 0 aliphatic carbocycles. The molecule has 0 bridgehead atoms. The molecule has 18 heavy (non-hydrogen) atoms. The van der Waals surface area contributed by atoms with Crippen molar-refractivity contribution in [3.8, 4) is 0 Å². The van der Waals surface area contributed by atoms with Crippen LogP contribution in [0.3, 0.4) is 0 Å². The quantitative estimate of drug-likeness (QED) is 0.889. The molecule has 3 heteroatoms. The predicted molar refractivity (Wildman–Crippen MR) is 77.6 cm³/mol. The molecule has 1 aromatic heterocycles. The first-order valence-electron chi connectivity index (χ1n) is 6.19. The molecule has 1 heterocycles. The molecular weight excluding hydrogens is 290 g/mol. The van der Waals surface area contributed by atoms with E-state index < -0.39 is 0 Å². The second-order valence-electron chi connectivity index (χ2n) is 4.62. The smallest absolute Gasteiger partial charge is 0.105 e. The van der Waals surface area contributed by atoms with Crippen LogP contribution in [0.5, 0.6) is 0 Å². The van der Waals surface area contributed by atoms with E-state index in [9.17, 15) is 0 Å². The summed E-state index contributed by atoms with van der Waals surface area (Å²) >= 11 is 3.45. The topological polar surface area (TPSA) is 25.2 Å². The zero-order valence-corrected chi connectivity index (χ0v) is 12.3. The van der Waals surface area contributed by atoms with Crippen LogP contribution in [-0.4, -0.2) is 6.04 Å². The Morgan fingerprint density at radius 1 is 1.17 bits per heavy atom. The van der Waals surface area contributed by atoms with Gasteiger partial charge < -0.3 is 9.73 Å². The van der Waals surface area contributed by atoms with Gasteiger partial charge in [-0.25, -0.2) is 0 Å². The second kappa shape index (κ2) is 6.21. The van der Waals surface area contributed by atoms with Gasteiger partial charge in [0.2, 0.25) is 0 Å². The summed E-state index contributed by atoms with van der Waals surface area (Å²) in [7, 11) is 0. The van der Waals surface area contributed by atoms with E-state index in [0.717, 1.165) is 16.7 Å². The fraction of sp³-hybridized carbons (Fsp3) is 0.333. The first kappa shape index (κ1) is 13.4. The molecular formula is C15H18BrNO. The summed E-state index contributed by atoms with van der Waals surface area (Å²) in [6, 6.07) is 13.1. The van der Waals surface area contributed by atoms with Gasteiger partial charge in [0, 0.05) is 23.0 Å². The SMILES string of the molecule is CC(Cc1ccco1)NC(C)c1ccc(Br)cc1. The lowest BCUT2D eigenvalue weighted by atomic mass is 10.1. The van der Waals surface area contributed by atoms with Gasteiger partial charge in [0.25, 0.3) is 0 Å². The minimum absolute atomic E-state index is 0.336. The Morgan fingerprint density at radius 2 is 1.89 bits per heavy atom. The number of benzene rings is 1. The average Bonchev–Trinajstić information content (AvgIpc) is 2.82. The zero-order chi connectivity index (χ0) is 13.0. The van der Waals surface area contributed by atoms with Crippen molar-refractivity contribution in [1.82, 2.24) is 5.32 Å². The van der Waals surface area contributed by atoms with Gasteiger partial charge in [-0.1, -0.05) is 28.1 Å². The third-order valence-corrected chi connectivity index (χ3v) is 3.52. The monoisotopic (exact) mass is 307 g/mol. The fourth-order valence-corrected chi connectivity index (χ4v) is 2.33. The lowest BCUT2D eigenvalue weighted by molar-refractivity contribution is 0.429. The highest BCUT2D eigenvalue weighted by Gasteiger charge is 2.10. The van der Waals surface area contributed by atoms with Crippen LogP contribution in [0.2, 0.25) is 0 Å². The summed E-state index contributed by atoms with van der Waals surface area (Å²) in [4.78, 5) is 0. The highest BCUT2D eigenvalue weighted by Crippen LogP contribution is 2.17. The van der Waals surface area contributed by atoms with E-state index >= 15 is 0 Å². The van der Waals surface area contributed by atoms with E-state index in [2.05, 4.69) is 59.4 Å². The molecule has 0 aliphatic rings. The van der Waals surface area contributed by atoms with Crippen LogP contribution >= 0.6 is 15.9 Å². The molecule has 2 atom stereocenters. The highest BCUT2D eigenvalue weighted by atomic mass is 79.9. The van der Waals surface area contributed by atoms with Gasteiger partial charge in [0.1, 0.15) is 5.76 Å². The Kier molecular flexibility index (Phi) is 4.61. The maximum atomic E-state index is 5.36. The van der Waals surface area contributed by atoms with Crippen LogP contribution in [0, 0.1) is 0 Å². The molecule has 96 valence electrons. The summed E-state index contributed by atoms with van der Waals surface area (Å²) in [5, 5.41) is 3.58. The Hall–Kier alpha value is -1.06. The number of rotatable bonds is 5. The second-order valence-corrected chi connectivity index (χ2v) is 5.54. The Bertz CT molecular complexity index is 464. The fourth-order valence-electron chi connectivity index (χ4n) is 2.06. The summed E-state index contributed by atoms with van der Waals surface area (Å²) in [6.07, 6.45) is 2.63. The molecule has 0 radical (unpaired) electrons. The number of nitrogens with one attached hydrogen (secondary N) is 1. The van der Waals surface area contributed by atoms with Crippen molar-refractivity contribution in [3.63, 3.8) is 0 Å². The van der Waals surface area contributed by atoms with Crippen molar-refractivity contribution >= 4 is 15.9 Å². The standard InChI is InChI=1S/C15H18BrNO/c1-11(10-15-4-3-9-18-15)17-12(2)13-5-7-14(16)8-6-13/h3-9,11-12,17H,10H2,1-2H3. The molecule has 0 amide bonds. The van der Waals surface area contributed by atoms with Crippen LogP contribution in [-0.2, 0) is 6.42 Å².